The number of hydrogen-bond acceptors (Lipinski definition) is 5. The van der Waals surface area contributed by atoms with Gasteiger partial charge in [-0.3, -0.25) is 4.79 Å². The van der Waals surface area contributed by atoms with Crippen molar-refractivity contribution in [1.29, 1.82) is 0 Å². The molecule has 35 heavy (non-hydrogen) atoms. The molecule has 1 fully saturated rings. The lowest BCUT2D eigenvalue weighted by Crippen LogP contribution is -2.35. The Morgan fingerprint density at radius 1 is 0.943 bits per heavy atom. The number of benzene rings is 2. The second-order valence-electron chi connectivity index (χ2n) is 9.74. The van der Waals surface area contributed by atoms with Gasteiger partial charge < -0.3 is 14.8 Å². The molecule has 0 spiro atoms. The van der Waals surface area contributed by atoms with Gasteiger partial charge in [0.05, 0.1) is 11.5 Å². The molecule has 1 N–H and O–H groups in total. The Morgan fingerprint density at radius 3 is 2.49 bits per heavy atom. The van der Waals surface area contributed by atoms with Gasteiger partial charge in [0.2, 0.25) is 0 Å². The number of rotatable bonds is 6. The third-order valence-electron chi connectivity index (χ3n) is 7.29. The summed E-state index contributed by atoms with van der Waals surface area (Å²) in [5.74, 6) is -0.0434. The molecule has 182 valence electrons. The van der Waals surface area contributed by atoms with Gasteiger partial charge in [-0.05, 0) is 57.1 Å². The van der Waals surface area contributed by atoms with E-state index < -0.39 is 5.92 Å². The van der Waals surface area contributed by atoms with Crippen LogP contribution in [0.2, 0.25) is 0 Å². The molecule has 0 saturated heterocycles. The largest absolute Gasteiger partial charge is 0.489 e. The molecule has 5 rings (SSSR count). The number of carbonyl (C=O) groups is 2. The summed E-state index contributed by atoms with van der Waals surface area (Å²) < 4.78 is 12.3. The van der Waals surface area contributed by atoms with Crippen molar-refractivity contribution in [3.8, 4) is 5.75 Å². The summed E-state index contributed by atoms with van der Waals surface area (Å²) in [5.41, 5.74) is 4.80. The fourth-order valence-electron chi connectivity index (χ4n) is 5.55. The molecule has 2 aromatic carbocycles. The molecule has 0 aromatic heterocycles. The number of nitrogens with one attached hydrogen (secondary N) is 1. The standard InChI is InChI=1S/C30H33NO4/c1-20-27(30(33)35-22-13-6-3-7-14-22)28(29-24(31-20)16-10-17-25(29)32)23-15-8-9-18-26(23)34-19-21-11-4-2-5-12-21/h2,4-5,8-9,11-12,15,18,22,28,31H,3,6-7,10,13-14,16-17,19H2,1H3/t28-/m0/s1. The van der Waals surface area contributed by atoms with Crippen LogP contribution in [0.5, 0.6) is 5.75 Å². The van der Waals surface area contributed by atoms with Crippen LogP contribution in [0, 0.1) is 0 Å². The molecular weight excluding hydrogens is 438 g/mol. The zero-order chi connectivity index (χ0) is 24.2. The predicted octanol–water partition coefficient (Wildman–Crippen LogP) is 6.11. The van der Waals surface area contributed by atoms with Gasteiger partial charge in [-0.1, -0.05) is 55.0 Å². The van der Waals surface area contributed by atoms with Gasteiger partial charge in [0.25, 0.3) is 0 Å². The number of Topliss-reactive ketones (excluding diaryl/α,β-unsaturated/α-hetero) is 1. The zero-order valence-electron chi connectivity index (χ0n) is 20.3. The van der Waals surface area contributed by atoms with E-state index in [0.717, 1.165) is 61.0 Å². The van der Waals surface area contributed by atoms with E-state index >= 15 is 0 Å². The first-order valence-corrected chi connectivity index (χ1v) is 12.8. The molecule has 0 unspecified atom stereocenters. The van der Waals surface area contributed by atoms with E-state index in [0.29, 0.717) is 29.9 Å². The van der Waals surface area contributed by atoms with Gasteiger partial charge in [0.15, 0.2) is 5.78 Å². The van der Waals surface area contributed by atoms with Crippen LogP contribution in [-0.2, 0) is 20.9 Å². The van der Waals surface area contributed by atoms with Crippen molar-refractivity contribution in [2.45, 2.75) is 76.9 Å². The molecule has 0 amide bonds. The quantitative estimate of drug-likeness (QED) is 0.515. The fraction of sp³-hybridized carbons (Fsp3) is 0.400. The second-order valence-corrected chi connectivity index (χ2v) is 9.74. The van der Waals surface area contributed by atoms with E-state index in [4.69, 9.17) is 9.47 Å². The normalized spacial score (nSPS) is 20.8. The van der Waals surface area contributed by atoms with E-state index in [1.54, 1.807) is 0 Å². The molecule has 0 bridgehead atoms. The average molecular weight is 472 g/mol. The van der Waals surface area contributed by atoms with Crippen LogP contribution >= 0.6 is 0 Å². The van der Waals surface area contributed by atoms with Gasteiger partial charge in [-0.25, -0.2) is 4.79 Å². The Labute approximate surface area is 207 Å². The molecule has 2 aromatic rings. The van der Waals surface area contributed by atoms with Gasteiger partial charge in [-0.2, -0.15) is 0 Å². The topological polar surface area (TPSA) is 64.6 Å². The van der Waals surface area contributed by atoms with Crippen molar-refractivity contribution in [3.05, 3.63) is 88.3 Å². The molecule has 1 saturated carbocycles. The Kier molecular flexibility index (Phi) is 7.03. The monoisotopic (exact) mass is 471 g/mol. The highest BCUT2D eigenvalue weighted by atomic mass is 16.5. The second kappa shape index (κ2) is 10.5. The SMILES string of the molecule is CC1=C(C(=O)OC2CCCCC2)[C@H](c2ccccc2OCc2ccccc2)C2=C(CCCC2=O)N1. The highest BCUT2D eigenvalue weighted by Crippen LogP contribution is 2.45. The van der Waals surface area contributed by atoms with Crippen molar-refractivity contribution < 1.29 is 19.1 Å². The number of hydrogen-bond donors (Lipinski definition) is 1. The molecule has 1 atom stereocenters. The van der Waals surface area contributed by atoms with Crippen LogP contribution in [0.4, 0.5) is 0 Å². The molecular formula is C30H33NO4. The maximum atomic E-state index is 13.6. The lowest BCUT2D eigenvalue weighted by atomic mass is 9.75. The van der Waals surface area contributed by atoms with E-state index in [9.17, 15) is 9.59 Å². The lowest BCUT2D eigenvalue weighted by Gasteiger charge is -2.35. The van der Waals surface area contributed by atoms with Gasteiger partial charge in [-0.15, -0.1) is 0 Å². The Morgan fingerprint density at radius 2 is 1.69 bits per heavy atom. The Hall–Kier alpha value is -3.34. The number of para-hydroxylation sites is 1. The molecule has 5 nitrogen and oxygen atoms in total. The predicted molar refractivity (Wildman–Crippen MR) is 135 cm³/mol. The minimum atomic E-state index is -0.498. The van der Waals surface area contributed by atoms with Gasteiger partial charge in [0.1, 0.15) is 18.5 Å². The van der Waals surface area contributed by atoms with E-state index in [-0.39, 0.29) is 17.9 Å². The van der Waals surface area contributed by atoms with Crippen LogP contribution < -0.4 is 10.1 Å². The smallest absolute Gasteiger partial charge is 0.337 e. The number of ketones is 1. The fourth-order valence-corrected chi connectivity index (χ4v) is 5.55. The van der Waals surface area contributed by atoms with Crippen LogP contribution in [-0.4, -0.2) is 17.9 Å². The Bertz CT molecular complexity index is 1160. The minimum Gasteiger partial charge on any atom is -0.489 e. The number of dihydropyridines is 1. The Balaban J connectivity index is 1.52. The zero-order valence-corrected chi connectivity index (χ0v) is 20.3. The summed E-state index contributed by atoms with van der Waals surface area (Å²) in [5, 5.41) is 3.39. The molecule has 1 aliphatic heterocycles. The van der Waals surface area contributed by atoms with Crippen molar-refractivity contribution >= 4 is 11.8 Å². The maximum Gasteiger partial charge on any atom is 0.337 e. The number of ether oxygens (including phenoxy) is 2. The summed E-state index contributed by atoms with van der Waals surface area (Å²) in [4.78, 5) is 26.9. The first-order chi connectivity index (χ1) is 17.1. The van der Waals surface area contributed by atoms with Crippen molar-refractivity contribution in [2.24, 2.45) is 0 Å². The summed E-state index contributed by atoms with van der Waals surface area (Å²) in [6.07, 6.45) is 7.22. The molecule has 3 aliphatic rings. The third-order valence-corrected chi connectivity index (χ3v) is 7.29. The van der Waals surface area contributed by atoms with Crippen LogP contribution in [0.15, 0.2) is 77.1 Å². The summed E-state index contributed by atoms with van der Waals surface area (Å²) in [7, 11) is 0. The third kappa shape index (κ3) is 5.04. The first kappa shape index (κ1) is 23.4. The van der Waals surface area contributed by atoms with Crippen molar-refractivity contribution in [3.63, 3.8) is 0 Å². The van der Waals surface area contributed by atoms with Crippen LogP contribution in [0.3, 0.4) is 0 Å². The van der Waals surface area contributed by atoms with E-state index in [1.807, 2.05) is 61.5 Å². The molecule has 0 radical (unpaired) electrons. The lowest BCUT2D eigenvalue weighted by molar-refractivity contribution is -0.146. The number of allylic oxidation sites excluding steroid dienone is 3. The number of carbonyl (C=O) groups excluding carboxylic acids is 2. The summed E-state index contributed by atoms with van der Waals surface area (Å²) in [6, 6.07) is 17.8. The van der Waals surface area contributed by atoms with Crippen molar-refractivity contribution in [2.75, 3.05) is 0 Å². The van der Waals surface area contributed by atoms with Crippen LogP contribution in [0.25, 0.3) is 0 Å². The highest BCUT2D eigenvalue weighted by Gasteiger charge is 2.40. The molecule has 2 aliphatic carbocycles. The summed E-state index contributed by atoms with van der Waals surface area (Å²) >= 11 is 0. The molecule has 5 heteroatoms. The first-order valence-electron chi connectivity index (χ1n) is 12.8. The van der Waals surface area contributed by atoms with E-state index in [2.05, 4.69) is 5.32 Å². The minimum absolute atomic E-state index is 0.0563. The van der Waals surface area contributed by atoms with E-state index in [1.165, 1.54) is 6.42 Å². The highest BCUT2D eigenvalue weighted by molar-refractivity contribution is 6.04. The van der Waals surface area contributed by atoms with Gasteiger partial charge >= 0.3 is 5.97 Å². The molecule has 1 heterocycles. The number of esters is 1. The van der Waals surface area contributed by atoms with Gasteiger partial charge in [0, 0.05) is 29.0 Å². The van der Waals surface area contributed by atoms with Crippen molar-refractivity contribution in [1.82, 2.24) is 5.32 Å². The maximum absolute atomic E-state index is 13.6. The summed E-state index contributed by atoms with van der Waals surface area (Å²) in [6.45, 7) is 2.33. The van der Waals surface area contributed by atoms with Crippen LogP contribution in [0.1, 0.15) is 75.3 Å². The average Bonchev–Trinajstić information content (AvgIpc) is 2.88.